The molecule has 1 aliphatic heterocycles. The Morgan fingerprint density at radius 2 is 1.87 bits per heavy atom. The van der Waals surface area contributed by atoms with Crippen LogP contribution in [0.25, 0.3) is 0 Å². The van der Waals surface area contributed by atoms with Crippen molar-refractivity contribution in [1.82, 2.24) is 0 Å². The summed E-state index contributed by atoms with van der Waals surface area (Å²) in [6.07, 6.45) is 2.35. The van der Waals surface area contributed by atoms with Crippen LogP contribution in [0.1, 0.15) is 32.3 Å². The van der Waals surface area contributed by atoms with Crippen molar-refractivity contribution >= 4 is 5.90 Å². The summed E-state index contributed by atoms with van der Waals surface area (Å²) in [6, 6.07) is 10.5. The molecule has 0 bridgehead atoms. The highest BCUT2D eigenvalue weighted by Gasteiger charge is 2.28. The van der Waals surface area contributed by atoms with Crippen molar-refractivity contribution in [2.45, 2.75) is 38.8 Å². The first-order chi connectivity index (χ1) is 7.35. The Morgan fingerprint density at radius 3 is 2.40 bits per heavy atom. The van der Waals surface area contributed by atoms with Gasteiger partial charge in [0.2, 0.25) is 5.90 Å². The molecule has 80 valence electrons. The quantitative estimate of drug-likeness (QED) is 0.740. The van der Waals surface area contributed by atoms with Gasteiger partial charge in [-0.2, -0.15) is 0 Å². The molecule has 0 saturated heterocycles. The van der Waals surface area contributed by atoms with Crippen LogP contribution in [0.3, 0.4) is 0 Å². The number of hydrogen-bond acceptors (Lipinski definition) is 2. The monoisotopic (exact) mass is 203 g/mol. The smallest absolute Gasteiger partial charge is 0.216 e. The lowest BCUT2D eigenvalue weighted by Crippen LogP contribution is -2.20. The molecule has 0 N–H and O–H groups in total. The fourth-order valence-electron chi connectivity index (χ4n) is 1.92. The number of hydrogen-bond donors (Lipinski definition) is 0. The van der Waals surface area contributed by atoms with E-state index in [0.29, 0.717) is 6.04 Å². The summed E-state index contributed by atoms with van der Waals surface area (Å²) < 4.78 is 5.85. The van der Waals surface area contributed by atoms with E-state index in [1.54, 1.807) is 0 Å². The van der Waals surface area contributed by atoms with Crippen molar-refractivity contribution in [1.29, 1.82) is 0 Å². The molecular formula is C13H17NO. The second-order valence-corrected chi connectivity index (χ2v) is 3.84. The van der Waals surface area contributed by atoms with Gasteiger partial charge in [-0.25, -0.2) is 4.99 Å². The molecule has 2 heteroatoms. The van der Waals surface area contributed by atoms with Gasteiger partial charge in [0.1, 0.15) is 6.10 Å². The van der Waals surface area contributed by atoms with E-state index in [-0.39, 0.29) is 6.10 Å². The first-order valence-corrected chi connectivity index (χ1v) is 5.65. The van der Waals surface area contributed by atoms with Crippen molar-refractivity contribution in [2.75, 3.05) is 0 Å². The molecule has 2 rings (SSSR count). The van der Waals surface area contributed by atoms with Crippen LogP contribution in [0, 0.1) is 0 Å². The highest BCUT2D eigenvalue weighted by atomic mass is 16.5. The van der Waals surface area contributed by atoms with Gasteiger partial charge < -0.3 is 4.74 Å². The Morgan fingerprint density at radius 1 is 1.13 bits per heavy atom. The van der Waals surface area contributed by atoms with E-state index < -0.39 is 0 Å². The Labute approximate surface area is 91.0 Å². The second kappa shape index (κ2) is 4.47. The maximum Gasteiger partial charge on any atom is 0.216 e. The third kappa shape index (κ3) is 2.04. The Bertz CT molecular complexity index is 345. The van der Waals surface area contributed by atoms with E-state index in [2.05, 4.69) is 18.8 Å². The minimum Gasteiger partial charge on any atom is -0.472 e. The van der Waals surface area contributed by atoms with Crippen molar-refractivity contribution < 1.29 is 4.74 Å². The molecule has 2 nitrogen and oxygen atoms in total. The Balaban J connectivity index is 2.19. The zero-order valence-corrected chi connectivity index (χ0v) is 9.31. The van der Waals surface area contributed by atoms with E-state index in [4.69, 9.17) is 4.74 Å². The van der Waals surface area contributed by atoms with E-state index >= 15 is 0 Å². The molecule has 1 aromatic rings. The first-order valence-electron chi connectivity index (χ1n) is 5.65. The fraction of sp³-hybridized carbons (Fsp3) is 0.462. The van der Waals surface area contributed by atoms with Crippen molar-refractivity contribution in [2.24, 2.45) is 4.99 Å². The molecular weight excluding hydrogens is 186 g/mol. The molecule has 2 atom stereocenters. The fourth-order valence-corrected chi connectivity index (χ4v) is 1.92. The Hall–Kier alpha value is -1.31. The molecule has 1 heterocycles. The maximum absolute atomic E-state index is 5.85. The van der Waals surface area contributed by atoms with Crippen molar-refractivity contribution in [3.05, 3.63) is 35.9 Å². The third-order valence-electron chi connectivity index (χ3n) is 2.82. The number of benzene rings is 1. The van der Waals surface area contributed by atoms with E-state index in [9.17, 15) is 0 Å². The average Bonchev–Trinajstić information content (AvgIpc) is 2.73. The minimum absolute atomic E-state index is 0.269. The largest absolute Gasteiger partial charge is 0.472 e. The molecule has 0 unspecified atom stereocenters. The predicted octanol–water partition coefficient (Wildman–Crippen LogP) is 3.02. The van der Waals surface area contributed by atoms with Crippen molar-refractivity contribution in [3.63, 3.8) is 0 Å². The zero-order valence-electron chi connectivity index (χ0n) is 9.31. The van der Waals surface area contributed by atoms with Crippen LogP contribution in [-0.4, -0.2) is 18.0 Å². The van der Waals surface area contributed by atoms with Crippen molar-refractivity contribution in [3.8, 4) is 0 Å². The third-order valence-corrected chi connectivity index (χ3v) is 2.82. The summed E-state index contributed by atoms with van der Waals surface area (Å²) in [6.45, 7) is 4.31. The SMILES string of the molecule is CC[C@@H]1N=C(c2ccccc2)O[C@H]1CC. The van der Waals surface area contributed by atoms with Crippen LogP contribution < -0.4 is 0 Å². The molecule has 0 spiro atoms. The summed E-state index contributed by atoms with van der Waals surface area (Å²) in [5.74, 6) is 0.814. The summed E-state index contributed by atoms with van der Waals surface area (Å²) in [7, 11) is 0. The summed E-state index contributed by atoms with van der Waals surface area (Å²) >= 11 is 0. The van der Waals surface area contributed by atoms with E-state index in [1.165, 1.54) is 0 Å². The highest BCUT2D eigenvalue weighted by molar-refractivity contribution is 5.95. The first kappa shape index (κ1) is 10.2. The lowest BCUT2D eigenvalue weighted by Gasteiger charge is -2.13. The average molecular weight is 203 g/mol. The molecule has 0 aliphatic carbocycles. The van der Waals surface area contributed by atoms with Gasteiger partial charge in [-0.1, -0.05) is 32.0 Å². The summed E-state index contributed by atoms with van der Waals surface area (Å²) in [5, 5.41) is 0. The van der Waals surface area contributed by atoms with Gasteiger partial charge in [0.25, 0.3) is 0 Å². The minimum atomic E-state index is 0.269. The van der Waals surface area contributed by atoms with Gasteiger partial charge >= 0.3 is 0 Å². The highest BCUT2D eigenvalue weighted by Crippen LogP contribution is 2.22. The Kier molecular flexibility index (Phi) is 3.05. The summed E-state index contributed by atoms with van der Waals surface area (Å²) in [5.41, 5.74) is 1.09. The van der Waals surface area contributed by atoms with Gasteiger partial charge in [0, 0.05) is 5.56 Å². The molecule has 1 aromatic carbocycles. The van der Waals surface area contributed by atoms with Gasteiger partial charge in [-0.15, -0.1) is 0 Å². The van der Waals surface area contributed by atoms with Crippen LogP contribution in [0.15, 0.2) is 35.3 Å². The lowest BCUT2D eigenvalue weighted by atomic mass is 10.1. The molecule has 0 radical (unpaired) electrons. The number of ether oxygens (including phenoxy) is 1. The van der Waals surface area contributed by atoms with E-state index in [1.807, 2.05) is 30.3 Å². The molecule has 0 aromatic heterocycles. The number of rotatable bonds is 3. The number of nitrogens with zero attached hydrogens (tertiary/aromatic N) is 1. The van der Waals surface area contributed by atoms with Gasteiger partial charge in [0.15, 0.2) is 0 Å². The van der Waals surface area contributed by atoms with Gasteiger partial charge in [0.05, 0.1) is 6.04 Å². The molecule has 0 saturated carbocycles. The van der Waals surface area contributed by atoms with E-state index in [0.717, 1.165) is 24.3 Å². The lowest BCUT2D eigenvalue weighted by molar-refractivity contribution is 0.185. The zero-order chi connectivity index (χ0) is 10.7. The van der Waals surface area contributed by atoms with Crippen LogP contribution in [0.2, 0.25) is 0 Å². The summed E-state index contributed by atoms with van der Waals surface area (Å²) in [4.78, 5) is 4.62. The van der Waals surface area contributed by atoms with Crippen LogP contribution in [0.4, 0.5) is 0 Å². The maximum atomic E-state index is 5.85. The predicted molar refractivity (Wildman–Crippen MR) is 62.2 cm³/mol. The van der Waals surface area contributed by atoms with Crippen LogP contribution in [-0.2, 0) is 4.74 Å². The number of aliphatic imine (C=N–C) groups is 1. The molecule has 0 fully saturated rings. The standard InChI is InChI=1S/C13H17NO/c1-3-11-12(4-2)15-13(14-11)10-8-6-5-7-9-10/h5-9,11-12H,3-4H2,1-2H3/t11-,12-/m0/s1. The van der Waals surface area contributed by atoms with Crippen LogP contribution >= 0.6 is 0 Å². The normalized spacial score (nSPS) is 24.8. The van der Waals surface area contributed by atoms with Gasteiger partial charge in [-0.05, 0) is 25.0 Å². The van der Waals surface area contributed by atoms with Crippen LogP contribution in [0.5, 0.6) is 0 Å². The van der Waals surface area contributed by atoms with Gasteiger partial charge in [-0.3, -0.25) is 0 Å². The molecule has 15 heavy (non-hydrogen) atoms. The topological polar surface area (TPSA) is 21.6 Å². The molecule has 0 amide bonds. The second-order valence-electron chi connectivity index (χ2n) is 3.84. The molecule has 1 aliphatic rings.